The molecule has 0 unspecified atom stereocenters. The van der Waals surface area contributed by atoms with E-state index in [1.165, 1.54) is 0 Å². The van der Waals surface area contributed by atoms with Gasteiger partial charge in [-0.2, -0.15) is 0 Å². The van der Waals surface area contributed by atoms with E-state index in [2.05, 4.69) is 22.1 Å². The van der Waals surface area contributed by atoms with Gasteiger partial charge in [0, 0.05) is 16.8 Å². The maximum absolute atomic E-state index is 12.2. The first kappa shape index (κ1) is 14.8. The quantitative estimate of drug-likeness (QED) is 0.829. The van der Waals surface area contributed by atoms with Gasteiger partial charge < -0.3 is 11.1 Å². The van der Waals surface area contributed by atoms with Crippen molar-refractivity contribution in [2.24, 2.45) is 5.73 Å². The van der Waals surface area contributed by atoms with Gasteiger partial charge in [0.25, 0.3) is 5.91 Å². The lowest BCUT2D eigenvalue weighted by Gasteiger charge is -2.06. The molecule has 1 heterocycles. The molecule has 0 atom stereocenters. The number of nitrogens with two attached hydrogens (primary N) is 1. The second-order valence-electron chi connectivity index (χ2n) is 4.71. The van der Waals surface area contributed by atoms with Crippen molar-refractivity contribution in [3.8, 4) is 11.8 Å². The molecular formula is C17H17N3O. The summed E-state index contributed by atoms with van der Waals surface area (Å²) in [5, 5.41) is 2.80. The molecule has 4 nitrogen and oxygen atoms in total. The maximum atomic E-state index is 12.2. The monoisotopic (exact) mass is 279 g/mol. The summed E-state index contributed by atoms with van der Waals surface area (Å²) < 4.78 is 0. The van der Waals surface area contributed by atoms with Crippen LogP contribution in [0.25, 0.3) is 0 Å². The molecule has 1 aromatic carbocycles. The second-order valence-corrected chi connectivity index (χ2v) is 4.71. The zero-order valence-electron chi connectivity index (χ0n) is 12.1. The average molecular weight is 279 g/mol. The second kappa shape index (κ2) is 6.69. The van der Waals surface area contributed by atoms with Gasteiger partial charge in [0.1, 0.15) is 5.82 Å². The Morgan fingerprint density at radius 3 is 2.57 bits per heavy atom. The van der Waals surface area contributed by atoms with Gasteiger partial charge in [-0.1, -0.05) is 11.8 Å². The smallest absolute Gasteiger partial charge is 0.256 e. The number of anilines is 1. The lowest BCUT2D eigenvalue weighted by atomic mass is 10.1. The molecule has 1 aromatic heterocycles. The van der Waals surface area contributed by atoms with E-state index in [1.807, 2.05) is 26.0 Å². The standard InChI is InChI=1S/C17H17N3O/c1-12-10-13(2)19-16(11-12)20-17(21)15-7-5-14(6-8-15)4-3-9-18/h5-8,10-11H,9,18H2,1-2H3,(H,19,20,21). The lowest BCUT2D eigenvalue weighted by Crippen LogP contribution is -2.13. The van der Waals surface area contributed by atoms with Gasteiger partial charge in [0.05, 0.1) is 6.54 Å². The predicted octanol–water partition coefficient (Wildman–Crippen LogP) is 2.26. The van der Waals surface area contributed by atoms with E-state index in [9.17, 15) is 4.79 Å². The molecule has 0 aliphatic heterocycles. The molecule has 0 radical (unpaired) electrons. The Balaban J connectivity index is 2.13. The Kier molecular flexibility index (Phi) is 4.70. The fourth-order valence-electron chi connectivity index (χ4n) is 1.95. The average Bonchev–Trinajstić information content (AvgIpc) is 2.44. The Morgan fingerprint density at radius 1 is 1.24 bits per heavy atom. The van der Waals surface area contributed by atoms with Crippen molar-refractivity contribution in [1.29, 1.82) is 0 Å². The minimum absolute atomic E-state index is 0.189. The topological polar surface area (TPSA) is 68.0 Å². The third-order valence-electron chi connectivity index (χ3n) is 2.82. The number of pyridine rings is 1. The number of rotatable bonds is 2. The number of aryl methyl sites for hydroxylation is 2. The number of hydrogen-bond donors (Lipinski definition) is 2. The van der Waals surface area contributed by atoms with Crippen molar-refractivity contribution >= 4 is 11.7 Å². The van der Waals surface area contributed by atoms with Crippen molar-refractivity contribution in [2.45, 2.75) is 13.8 Å². The van der Waals surface area contributed by atoms with Gasteiger partial charge >= 0.3 is 0 Å². The van der Waals surface area contributed by atoms with Gasteiger partial charge in [0.15, 0.2) is 0 Å². The molecule has 0 saturated heterocycles. The molecule has 0 aliphatic carbocycles. The van der Waals surface area contributed by atoms with Crippen LogP contribution < -0.4 is 11.1 Å². The minimum atomic E-state index is -0.189. The van der Waals surface area contributed by atoms with E-state index in [1.54, 1.807) is 24.3 Å². The number of carbonyl (C=O) groups is 1. The van der Waals surface area contributed by atoms with Crippen molar-refractivity contribution in [3.05, 3.63) is 58.8 Å². The van der Waals surface area contributed by atoms with E-state index >= 15 is 0 Å². The number of aromatic nitrogens is 1. The fraction of sp³-hybridized carbons (Fsp3) is 0.176. The summed E-state index contributed by atoms with van der Waals surface area (Å²) in [7, 11) is 0. The van der Waals surface area contributed by atoms with E-state index < -0.39 is 0 Å². The molecule has 4 heteroatoms. The van der Waals surface area contributed by atoms with Gasteiger partial charge in [-0.15, -0.1) is 0 Å². The number of amides is 1. The molecule has 0 fully saturated rings. The van der Waals surface area contributed by atoms with Crippen LogP contribution in [0.4, 0.5) is 5.82 Å². The van der Waals surface area contributed by atoms with E-state index in [0.717, 1.165) is 16.8 Å². The molecule has 2 aromatic rings. The normalized spacial score (nSPS) is 9.67. The zero-order valence-corrected chi connectivity index (χ0v) is 12.1. The Morgan fingerprint density at radius 2 is 1.95 bits per heavy atom. The number of carbonyl (C=O) groups excluding carboxylic acids is 1. The third kappa shape index (κ3) is 4.16. The SMILES string of the molecule is Cc1cc(C)nc(NC(=O)c2ccc(C#CCN)cc2)c1. The highest BCUT2D eigenvalue weighted by Gasteiger charge is 2.07. The van der Waals surface area contributed by atoms with E-state index in [0.29, 0.717) is 17.9 Å². The van der Waals surface area contributed by atoms with Crippen LogP contribution in [0.15, 0.2) is 36.4 Å². The number of benzene rings is 1. The molecule has 0 aliphatic rings. The highest BCUT2D eigenvalue weighted by atomic mass is 16.1. The van der Waals surface area contributed by atoms with Crippen molar-refractivity contribution in [1.82, 2.24) is 4.98 Å². The molecule has 1 amide bonds. The largest absolute Gasteiger partial charge is 0.320 e. The Hall–Kier alpha value is -2.64. The van der Waals surface area contributed by atoms with Crippen LogP contribution in [0.1, 0.15) is 27.2 Å². The summed E-state index contributed by atoms with van der Waals surface area (Å²) >= 11 is 0. The molecule has 106 valence electrons. The highest BCUT2D eigenvalue weighted by Crippen LogP contribution is 2.11. The first-order valence-corrected chi connectivity index (χ1v) is 6.64. The summed E-state index contributed by atoms with van der Waals surface area (Å²) in [6, 6.07) is 10.9. The van der Waals surface area contributed by atoms with Crippen LogP contribution in [0.3, 0.4) is 0 Å². The summed E-state index contributed by atoms with van der Waals surface area (Å²) in [5.41, 5.74) is 8.65. The van der Waals surface area contributed by atoms with Crippen LogP contribution in [0, 0.1) is 25.7 Å². The first-order valence-electron chi connectivity index (χ1n) is 6.64. The molecule has 3 N–H and O–H groups in total. The Labute approximate surface area is 124 Å². The van der Waals surface area contributed by atoms with Gasteiger partial charge in [-0.25, -0.2) is 4.98 Å². The van der Waals surface area contributed by atoms with Crippen LogP contribution >= 0.6 is 0 Å². The molecule has 21 heavy (non-hydrogen) atoms. The van der Waals surface area contributed by atoms with Gasteiger partial charge in [0.2, 0.25) is 0 Å². The molecule has 0 bridgehead atoms. The first-order chi connectivity index (χ1) is 10.1. The molecular weight excluding hydrogens is 262 g/mol. The summed E-state index contributed by atoms with van der Waals surface area (Å²) in [6.45, 7) is 4.18. The minimum Gasteiger partial charge on any atom is -0.320 e. The maximum Gasteiger partial charge on any atom is 0.256 e. The van der Waals surface area contributed by atoms with Crippen molar-refractivity contribution in [2.75, 3.05) is 11.9 Å². The molecule has 2 rings (SSSR count). The van der Waals surface area contributed by atoms with Gasteiger partial charge in [-0.05, 0) is 55.8 Å². The number of nitrogens with zero attached hydrogens (tertiary/aromatic N) is 1. The van der Waals surface area contributed by atoms with E-state index in [4.69, 9.17) is 5.73 Å². The number of nitrogens with one attached hydrogen (secondary N) is 1. The summed E-state index contributed by atoms with van der Waals surface area (Å²) in [6.07, 6.45) is 0. The van der Waals surface area contributed by atoms with Crippen LogP contribution in [-0.2, 0) is 0 Å². The number of hydrogen-bond acceptors (Lipinski definition) is 3. The zero-order chi connectivity index (χ0) is 15.2. The lowest BCUT2D eigenvalue weighted by molar-refractivity contribution is 0.102. The third-order valence-corrected chi connectivity index (χ3v) is 2.82. The fourth-order valence-corrected chi connectivity index (χ4v) is 1.95. The van der Waals surface area contributed by atoms with Crippen LogP contribution in [-0.4, -0.2) is 17.4 Å². The van der Waals surface area contributed by atoms with Crippen LogP contribution in [0.5, 0.6) is 0 Å². The van der Waals surface area contributed by atoms with Crippen LogP contribution in [0.2, 0.25) is 0 Å². The summed E-state index contributed by atoms with van der Waals surface area (Å²) in [4.78, 5) is 16.4. The van der Waals surface area contributed by atoms with E-state index in [-0.39, 0.29) is 5.91 Å². The predicted molar refractivity (Wildman–Crippen MR) is 84.0 cm³/mol. The van der Waals surface area contributed by atoms with Gasteiger partial charge in [-0.3, -0.25) is 4.79 Å². The molecule has 0 spiro atoms. The van der Waals surface area contributed by atoms with Crippen molar-refractivity contribution < 1.29 is 4.79 Å². The molecule has 0 saturated carbocycles. The Bertz CT molecular complexity index is 689. The van der Waals surface area contributed by atoms with Crippen molar-refractivity contribution in [3.63, 3.8) is 0 Å². The summed E-state index contributed by atoms with van der Waals surface area (Å²) in [5.74, 6) is 6.06. The highest BCUT2D eigenvalue weighted by molar-refractivity contribution is 6.03.